The van der Waals surface area contributed by atoms with Crippen LogP contribution in [-0.4, -0.2) is 35.6 Å². The second-order valence-corrected chi connectivity index (χ2v) is 6.41. The predicted molar refractivity (Wildman–Crippen MR) is 75.0 cm³/mol. The quantitative estimate of drug-likeness (QED) is 0.788. The molecule has 0 aromatic heterocycles. The summed E-state index contributed by atoms with van der Waals surface area (Å²) in [6, 6.07) is 1.54. The third-order valence-electron chi connectivity index (χ3n) is 4.50. The number of hydrogen-bond acceptors (Lipinski definition) is 3. The van der Waals surface area contributed by atoms with E-state index in [1.807, 2.05) is 11.1 Å². The summed E-state index contributed by atoms with van der Waals surface area (Å²) in [5, 5.41) is 3.33. The summed E-state index contributed by atoms with van der Waals surface area (Å²) >= 11 is 12.2. The largest absolute Gasteiger partial charge is 0.300 e. The van der Waals surface area contributed by atoms with E-state index in [1.54, 1.807) is 6.08 Å². The molecule has 3 aliphatic heterocycles. The van der Waals surface area contributed by atoms with Crippen LogP contribution in [0.15, 0.2) is 22.5 Å². The van der Waals surface area contributed by atoms with Crippen LogP contribution in [0.5, 0.6) is 0 Å². The molecule has 0 amide bonds. The molecule has 5 heteroatoms. The molecule has 2 unspecified atom stereocenters. The second-order valence-electron chi connectivity index (χ2n) is 5.61. The van der Waals surface area contributed by atoms with Gasteiger partial charge in [-0.15, -0.1) is 0 Å². The first kappa shape index (κ1) is 12.6. The lowest BCUT2D eigenvalue weighted by molar-refractivity contribution is 0.108. The van der Waals surface area contributed by atoms with E-state index < -0.39 is 0 Å². The van der Waals surface area contributed by atoms with Crippen molar-refractivity contribution < 1.29 is 0 Å². The number of piperidine rings is 1. The molecule has 0 radical (unpaired) electrons. The van der Waals surface area contributed by atoms with Crippen LogP contribution in [0.1, 0.15) is 25.7 Å². The number of allylic oxidation sites excluding steroid dienone is 2. The highest BCUT2D eigenvalue weighted by atomic mass is 35.5. The van der Waals surface area contributed by atoms with Gasteiger partial charge in [0.15, 0.2) is 0 Å². The number of nitrogens with one attached hydrogen (secondary N) is 1. The Morgan fingerprint density at radius 3 is 2.56 bits per heavy atom. The molecule has 2 atom stereocenters. The third kappa shape index (κ3) is 2.36. The van der Waals surface area contributed by atoms with Gasteiger partial charge in [-0.3, -0.25) is 10.4 Å². The Labute approximate surface area is 118 Å². The maximum atomic E-state index is 6.20. The topological polar surface area (TPSA) is 18.5 Å². The molecule has 0 spiro atoms. The summed E-state index contributed by atoms with van der Waals surface area (Å²) < 4.78 is 0. The van der Waals surface area contributed by atoms with Crippen LogP contribution in [-0.2, 0) is 0 Å². The maximum absolute atomic E-state index is 6.20. The second kappa shape index (κ2) is 4.95. The van der Waals surface area contributed by atoms with Gasteiger partial charge in [0.2, 0.25) is 0 Å². The first-order valence-corrected chi connectivity index (χ1v) is 7.38. The highest BCUT2D eigenvalue weighted by molar-refractivity contribution is 6.31. The van der Waals surface area contributed by atoms with Gasteiger partial charge < -0.3 is 4.90 Å². The minimum atomic E-state index is 0.635. The van der Waals surface area contributed by atoms with Gasteiger partial charge in [-0.05, 0) is 50.8 Å². The smallest absolute Gasteiger partial charge is 0.123 e. The molecule has 2 fully saturated rings. The Kier molecular flexibility index (Phi) is 3.48. The number of rotatable bonds is 2. The van der Waals surface area contributed by atoms with Gasteiger partial charge in [0.05, 0.1) is 0 Å². The number of halogens is 2. The molecule has 2 bridgehead atoms. The fourth-order valence-electron chi connectivity index (χ4n) is 3.52. The van der Waals surface area contributed by atoms with Gasteiger partial charge in [-0.25, -0.2) is 0 Å². The highest BCUT2D eigenvalue weighted by Crippen LogP contribution is 2.38. The van der Waals surface area contributed by atoms with Crippen LogP contribution >= 0.6 is 23.2 Å². The van der Waals surface area contributed by atoms with Crippen molar-refractivity contribution in [3.8, 4) is 0 Å². The molecule has 18 heavy (non-hydrogen) atoms. The van der Waals surface area contributed by atoms with Crippen molar-refractivity contribution >= 4 is 23.2 Å². The number of fused-ring (bicyclic) bond motifs is 2. The van der Waals surface area contributed by atoms with Crippen molar-refractivity contribution in [1.29, 1.82) is 0 Å². The van der Waals surface area contributed by atoms with E-state index in [-0.39, 0.29) is 0 Å². The lowest BCUT2D eigenvalue weighted by atomic mass is 9.91. The molecule has 3 aliphatic rings. The van der Waals surface area contributed by atoms with Gasteiger partial charge in [0.1, 0.15) is 10.3 Å². The van der Waals surface area contributed by atoms with Crippen LogP contribution < -0.4 is 5.43 Å². The lowest BCUT2D eigenvalue weighted by Gasteiger charge is -2.39. The molecular formula is C13H19Cl2N3. The monoisotopic (exact) mass is 287 g/mol. The van der Waals surface area contributed by atoms with Gasteiger partial charge in [0, 0.05) is 18.6 Å². The van der Waals surface area contributed by atoms with Crippen LogP contribution in [0.2, 0.25) is 0 Å². The van der Waals surface area contributed by atoms with Gasteiger partial charge in [0.25, 0.3) is 0 Å². The molecule has 0 saturated carbocycles. The zero-order chi connectivity index (χ0) is 12.7. The molecule has 3 rings (SSSR count). The Bertz CT molecular complexity index is 380. The average Bonchev–Trinajstić information content (AvgIpc) is 2.58. The van der Waals surface area contributed by atoms with Crippen molar-refractivity contribution in [2.75, 3.05) is 13.6 Å². The van der Waals surface area contributed by atoms with Gasteiger partial charge in [-0.1, -0.05) is 23.2 Å². The van der Waals surface area contributed by atoms with Crippen LogP contribution in [0.3, 0.4) is 0 Å². The fourth-order valence-corrected chi connectivity index (χ4v) is 3.86. The molecule has 3 nitrogen and oxygen atoms in total. The summed E-state index contributed by atoms with van der Waals surface area (Å²) in [6.07, 6.45) is 8.90. The zero-order valence-corrected chi connectivity index (χ0v) is 12.1. The third-order valence-corrected chi connectivity index (χ3v) is 5.04. The zero-order valence-electron chi connectivity index (χ0n) is 10.6. The van der Waals surface area contributed by atoms with Crippen molar-refractivity contribution in [3.63, 3.8) is 0 Å². The van der Waals surface area contributed by atoms with E-state index in [0.29, 0.717) is 11.1 Å². The van der Waals surface area contributed by atoms with Gasteiger partial charge in [-0.2, -0.15) is 0 Å². The minimum absolute atomic E-state index is 0.635. The summed E-state index contributed by atoms with van der Waals surface area (Å²) in [6.45, 7) is 0.945. The van der Waals surface area contributed by atoms with Crippen molar-refractivity contribution in [1.82, 2.24) is 15.3 Å². The SMILES string of the molecule is CN1C2CCC1CC(CN1NC(Cl)=CC=C1Cl)C2. The molecule has 0 aliphatic carbocycles. The Balaban J connectivity index is 1.61. The Morgan fingerprint density at radius 2 is 1.89 bits per heavy atom. The predicted octanol–water partition coefficient (Wildman–Crippen LogP) is 2.84. The van der Waals surface area contributed by atoms with E-state index in [9.17, 15) is 0 Å². The van der Waals surface area contributed by atoms with E-state index in [2.05, 4.69) is 17.4 Å². The molecule has 0 aromatic carbocycles. The minimum Gasteiger partial charge on any atom is -0.300 e. The van der Waals surface area contributed by atoms with E-state index >= 15 is 0 Å². The van der Waals surface area contributed by atoms with E-state index in [4.69, 9.17) is 23.2 Å². The van der Waals surface area contributed by atoms with Crippen LogP contribution in [0, 0.1) is 5.92 Å². The standard InChI is InChI=1S/C13H19Cl2N3/c1-17-10-2-3-11(17)7-9(6-10)8-18-13(15)5-4-12(14)16-18/h4-5,9-11,16H,2-3,6-8H2,1H3. The first-order chi connectivity index (χ1) is 8.63. The lowest BCUT2D eigenvalue weighted by Crippen LogP contribution is -2.45. The fraction of sp³-hybridized carbons (Fsp3) is 0.692. The highest BCUT2D eigenvalue weighted by Gasteiger charge is 2.39. The normalized spacial score (nSPS) is 36.2. The Hall–Kier alpha value is -0.380. The van der Waals surface area contributed by atoms with Crippen LogP contribution in [0.4, 0.5) is 0 Å². The molecule has 100 valence electrons. The van der Waals surface area contributed by atoms with Crippen LogP contribution in [0.25, 0.3) is 0 Å². The summed E-state index contributed by atoms with van der Waals surface area (Å²) in [5.41, 5.74) is 3.12. The van der Waals surface area contributed by atoms with E-state index in [0.717, 1.165) is 23.8 Å². The number of nitrogens with zero attached hydrogens (tertiary/aromatic N) is 2. The summed E-state index contributed by atoms with van der Waals surface area (Å²) in [7, 11) is 2.27. The van der Waals surface area contributed by atoms with E-state index in [1.165, 1.54) is 25.7 Å². The molecular weight excluding hydrogens is 269 g/mol. The first-order valence-electron chi connectivity index (χ1n) is 6.62. The molecule has 2 saturated heterocycles. The van der Waals surface area contributed by atoms with Crippen molar-refractivity contribution in [3.05, 3.63) is 22.5 Å². The van der Waals surface area contributed by atoms with Crippen molar-refractivity contribution in [2.45, 2.75) is 37.8 Å². The number of hydrogen-bond donors (Lipinski definition) is 1. The summed E-state index contributed by atoms with van der Waals surface area (Å²) in [4.78, 5) is 2.56. The number of hydrazine groups is 1. The van der Waals surface area contributed by atoms with Gasteiger partial charge >= 0.3 is 0 Å². The Morgan fingerprint density at radius 1 is 1.22 bits per heavy atom. The maximum Gasteiger partial charge on any atom is 0.123 e. The average molecular weight is 288 g/mol. The molecule has 1 N–H and O–H groups in total. The summed E-state index contributed by atoms with van der Waals surface area (Å²) in [5.74, 6) is 0.705. The molecule has 3 heterocycles. The molecule has 0 aromatic rings. The van der Waals surface area contributed by atoms with Crippen molar-refractivity contribution in [2.24, 2.45) is 5.92 Å².